The number of hydrogen-bond acceptors (Lipinski definition) is 1. The quantitative estimate of drug-likeness (QED) is 0.237. The first-order chi connectivity index (χ1) is 14.1. The summed E-state index contributed by atoms with van der Waals surface area (Å²) in [5, 5.41) is 0. The topological polar surface area (TPSA) is 0 Å². The van der Waals surface area contributed by atoms with Gasteiger partial charge in [0.25, 0.3) is 0 Å². The monoisotopic (exact) mass is 404 g/mol. The standard InChI is InChI=1S/C28H36S/c1-5-8-10-15-22(4)28(24-16-11-9-12-17-24)27-21-26(29)19-18-25(27)20-23(13-6-2)14-7-3/h6,8-14,16-17,21,29H,5,7,15,18-20H2,1-4H3/b10-8-,13-6-,23-14+,28-22-. The van der Waals surface area contributed by atoms with Gasteiger partial charge in [-0.1, -0.05) is 85.7 Å². The molecule has 0 unspecified atom stereocenters. The molecule has 0 nitrogen and oxygen atoms in total. The van der Waals surface area contributed by atoms with Gasteiger partial charge in [0.2, 0.25) is 0 Å². The molecule has 154 valence electrons. The minimum absolute atomic E-state index is 0.983. The lowest BCUT2D eigenvalue weighted by Gasteiger charge is -2.23. The molecule has 1 aliphatic rings. The molecule has 0 fully saturated rings. The van der Waals surface area contributed by atoms with Gasteiger partial charge in [-0.05, 0) is 85.6 Å². The molecule has 1 heteroatoms. The van der Waals surface area contributed by atoms with Crippen LogP contribution in [0.15, 0.2) is 94.0 Å². The molecule has 1 aliphatic carbocycles. The van der Waals surface area contributed by atoms with Crippen LogP contribution in [0.1, 0.15) is 71.8 Å². The summed E-state index contributed by atoms with van der Waals surface area (Å²) in [5.74, 6) is 0. The zero-order chi connectivity index (χ0) is 21.1. The predicted octanol–water partition coefficient (Wildman–Crippen LogP) is 9.02. The summed E-state index contributed by atoms with van der Waals surface area (Å²) in [6.45, 7) is 8.78. The number of rotatable bonds is 9. The van der Waals surface area contributed by atoms with Gasteiger partial charge < -0.3 is 0 Å². The van der Waals surface area contributed by atoms with Crippen LogP contribution in [0.4, 0.5) is 0 Å². The summed E-state index contributed by atoms with van der Waals surface area (Å²) >= 11 is 4.76. The molecule has 0 N–H and O–H groups in total. The summed E-state index contributed by atoms with van der Waals surface area (Å²) in [6, 6.07) is 10.9. The third kappa shape index (κ3) is 7.08. The van der Waals surface area contributed by atoms with Crippen molar-refractivity contribution in [2.75, 3.05) is 0 Å². The second-order valence-corrected chi connectivity index (χ2v) is 8.20. The molecule has 0 atom stereocenters. The second-order valence-electron chi connectivity index (χ2n) is 7.62. The van der Waals surface area contributed by atoms with Crippen LogP contribution >= 0.6 is 12.6 Å². The molecule has 0 aliphatic heterocycles. The third-order valence-corrected chi connectivity index (χ3v) is 5.58. The van der Waals surface area contributed by atoms with E-state index >= 15 is 0 Å². The number of allylic oxidation sites excluding steroid dienone is 12. The van der Waals surface area contributed by atoms with Crippen molar-refractivity contribution in [2.24, 2.45) is 0 Å². The predicted molar refractivity (Wildman–Crippen MR) is 134 cm³/mol. The smallest absolute Gasteiger partial charge is 0.00610 e. The van der Waals surface area contributed by atoms with Crippen LogP contribution in [-0.4, -0.2) is 0 Å². The first-order valence-electron chi connectivity index (χ1n) is 10.9. The van der Waals surface area contributed by atoms with Gasteiger partial charge in [0.05, 0.1) is 0 Å². The molecular weight excluding hydrogens is 368 g/mol. The normalized spacial score (nSPS) is 16.6. The molecule has 0 heterocycles. The highest BCUT2D eigenvalue weighted by atomic mass is 32.1. The Balaban J connectivity index is 2.62. The zero-order valence-corrected chi connectivity index (χ0v) is 19.4. The van der Waals surface area contributed by atoms with Gasteiger partial charge in [0, 0.05) is 0 Å². The van der Waals surface area contributed by atoms with E-state index in [1.807, 2.05) is 0 Å². The van der Waals surface area contributed by atoms with E-state index in [1.165, 1.54) is 38.3 Å². The Morgan fingerprint density at radius 1 is 1.03 bits per heavy atom. The van der Waals surface area contributed by atoms with Crippen molar-refractivity contribution in [3.63, 3.8) is 0 Å². The maximum absolute atomic E-state index is 4.76. The van der Waals surface area contributed by atoms with E-state index in [0.717, 1.165) is 38.5 Å². The van der Waals surface area contributed by atoms with Crippen molar-refractivity contribution >= 4 is 18.2 Å². The van der Waals surface area contributed by atoms with Crippen LogP contribution in [0.2, 0.25) is 0 Å². The fourth-order valence-corrected chi connectivity index (χ4v) is 4.12. The maximum Gasteiger partial charge on any atom is -0.00610 e. The van der Waals surface area contributed by atoms with Crippen LogP contribution in [0.5, 0.6) is 0 Å². The average Bonchev–Trinajstić information content (AvgIpc) is 2.71. The van der Waals surface area contributed by atoms with Crippen LogP contribution in [0.3, 0.4) is 0 Å². The molecule has 0 bridgehead atoms. The molecule has 0 radical (unpaired) electrons. The van der Waals surface area contributed by atoms with E-state index < -0.39 is 0 Å². The summed E-state index contributed by atoms with van der Waals surface area (Å²) in [5.41, 5.74) is 8.41. The average molecular weight is 405 g/mol. The lowest BCUT2D eigenvalue weighted by Crippen LogP contribution is -2.03. The SMILES string of the molecule is C/C=C\C(=C/CC)CC1=C(/C(=C(/C)C/C=C\CC)c2ccccc2)C=C(S)CC1. The summed E-state index contributed by atoms with van der Waals surface area (Å²) in [4.78, 5) is 1.18. The lowest BCUT2D eigenvalue weighted by atomic mass is 9.83. The molecule has 1 aromatic carbocycles. The number of thiol groups is 1. The highest BCUT2D eigenvalue weighted by Crippen LogP contribution is 2.39. The van der Waals surface area contributed by atoms with Gasteiger partial charge >= 0.3 is 0 Å². The van der Waals surface area contributed by atoms with Crippen molar-refractivity contribution in [3.05, 3.63) is 99.5 Å². The van der Waals surface area contributed by atoms with Gasteiger partial charge in [0.15, 0.2) is 0 Å². The van der Waals surface area contributed by atoms with Crippen LogP contribution in [-0.2, 0) is 0 Å². The van der Waals surface area contributed by atoms with Crippen LogP contribution in [0.25, 0.3) is 5.57 Å². The Morgan fingerprint density at radius 2 is 1.79 bits per heavy atom. The van der Waals surface area contributed by atoms with Crippen molar-refractivity contribution in [1.82, 2.24) is 0 Å². The molecule has 0 amide bonds. The van der Waals surface area contributed by atoms with Gasteiger partial charge in [-0.15, -0.1) is 12.6 Å². The highest BCUT2D eigenvalue weighted by Gasteiger charge is 2.19. The van der Waals surface area contributed by atoms with Gasteiger partial charge in [-0.2, -0.15) is 0 Å². The molecule has 29 heavy (non-hydrogen) atoms. The Hall–Kier alpha value is -1.99. The summed E-state index contributed by atoms with van der Waals surface area (Å²) in [6.07, 6.45) is 19.9. The minimum Gasteiger partial charge on any atom is -0.148 e. The molecule has 0 saturated heterocycles. The molecule has 2 rings (SSSR count). The second kappa shape index (κ2) is 12.5. The van der Waals surface area contributed by atoms with E-state index in [0.29, 0.717) is 0 Å². The molecular formula is C28H36S. The number of hydrogen-bond donors (Lipinski definition) is 1. The fraction of sp³-hybridized carbons (Fsp3) is 0.357. The van der Waals surface area contributed by atoms with Crippen LogP contribution < -0.4 is 0 Å². The Morgan fingerprint density at radius 3 is 2.45 bits per heavy atom. The van der Waals surface area contributed by atoms with Gasteiger partial charge in [-0.25, -0.2) is 0 Å². The van der Waals surface area contributed by atoms with Crippen molar-refractivity contribution < 1.29 is 0 Å². The third-order valence-electron chi connectivity index (χ3n) is 5.22. The molecule has 1 aromatic rings. The van der Waals surface area contributed by atoms with Crippen LogP contribution in [0, 0.1) is 0 Å². The first-order valence-corrected chi connectivity index (χ1v) is 11.4. The zero-order valence-electron chi connectivity index (χ0n) is 18.5. The summed E-state index contributed by atoms with van der Waals surface area (Å²) in [7, 11) is 0. The molecule has 0 aromatic heterocycles. The fourth-order valence-electron chi connectivity index (χ4n) is 3.87. The minimum atomic E-state index is 0.983. The van der Waals surface area contributed by atoms with Gasteiger partial charge in [-0.3, -0.25) is 0 Å². The Kier molecular flexibility index (Phi) is 10.1. The molecule has 0 spiro atoms. The van der Waals surface area contributed by atoms with E-state index in [2.05, 4.69) is 94.5 Å². The summed E-state index contributed by atoms with van der Waals surface area (Å²) < 4.78 is 0. The van der Waals surface area contributed by atoms with E-state index in [1.54, 1.807) is 0 Å². The maximum atomic E-state index is 4.76. The van der Waals surface area contributed by atoms with Crippen molar-refractivity contribution in [1.29, 1.82) is 0 Å². The van der Waals surface area contributed by atoms with E-state index in [9.17, 15) is 0 Å². The first kappa shape index (κ1) is 23.3. The Labute approximate surface area is 183 Å². The number of benzene rings is 1. The lowest BCUT2D eigenvalue weighted by molar-refractivity contribution is 0.890. The van der Waals surface area contributed by atoms with Gasteiger partial charge in [0.1, 0.15) is 0 Å². The van der Waals surface area contributed by atoms with Crippen molar-refractivity contribution in [2.45, 2.75) is 66.2 Å². The van der Waals surface area contributed by atoms with E-state index in [-0.39, 0.29) is 0 Å². The van der Waals surface area contributed by atoms with E-state index in [4.69, 9.17) is 12.6 Å². The highest BCUT2D eigenvalue weighted by molar-refractivity contribution is 7.84. The largest absolute Gasteiger partial charge is 0.148 e. The molecule has 0 saturated carbocycles. The Bertz CT molecular complexity index is 842. The van der Waals surface area contributed by atoms with Crippen molar-refractivity contribution in [3.8, 4) is 0 Å².